The molecule has 4 heteroatoms. The second-order valence-electron chi connectivity index (χ2n) is 4.81. The molecule has 0 heterocycles. The number of ether oxygens (including phenoxy) is 1. The van der Waals surface area contributed by atoms with Crippen molar-refractivity contribution >= 4 is 28.3 Å². The van der Waals surface area contributed by atoms with E-state index in [1.54, 1.807) is 12.1 Å². The molecule has 3 nitrogen and oxygen atoms in total. The molecule has 0 amide bonds. The Balaban J connectivity index is 2.00. The summed E-state index contributed by atoms with van der Waals surface area (Å²) >= 11 is 6.13. The Morgan fingerprint density at radius 2 is 1.89 bits per heavy atom. The molecule has 0 bridgehead atoms. The summed E-state index contributed by atoms with van der Waals surface area (Å²) in [5, 5.41) is 11.6. The molecular formula is C15H13ClO3. The van der Waals surface area contributed by atoms with Gasteiger partial charge < -0.3 is 9.84 Å². The van der Waals surface area contributed by atoms with Gasteiger partial charge in [-0.15, -0.1) is 0 Å². The smallest absolute Gasteiger partial charge is 0.345 e. The highest BCUT2D eigenvalue weighted by molar-refractivity contribution is 6.35. The molecule has 0 aromatic heterocycles. The van der Waals surface area contributed by atoms with Gasteiger partial charge in [-0.1, -0.05) is 35.9 Å². The van der Waals surface area contributed by atoms with E-state index in [1.165, 1.54) is 0 Å². The molecule has 1 unspecified atom stereocenters. The van der Waals surface area contributed by atoms with Gasteiger partial charge in [-0.3, -0.25) is 0 Å². The van der Waals surface area contributed by atoms with Crippen LogP contribution in [0.5, 0.6) is 5.75 Å². The third-order valence-electron chi connectivity index (χ3n) is 3.38. The molecule has 2 aromatic carbocycles. The molecule has 98 valence electrons. The number of fused-ring (bicyclic) bond motifs is 1. The van der Waals surface area contributed by atoms with E-state index < -0.39 is 12.1 Å². The van der Waals surface area contributed by atoms with Crippen LogP contribution in [-0.2, 0) is 4.79 Å². The first-order valence-electron chi connectivity index (χ1n) is 6.23. The van der Waals surface area contributed by atoms with E-state index in [0.29, 0.717) is 10.8 Å². The second-order valence-corrected chi connectivity index (χ2v) is 5.21. The zero-order valence-electron chi connectivity index (χ0n) is 10.2. The number of halogens is 1. The van der Waals surface area contributed by atoms with Gasteiger partial charge in [0.15, 0.2) is 6.10 Å². The highest BCUT2D eigenvalue weighted by atomic mass is 35.5. The van der Waals surface area contributed by atoms with Gasteiger partial charge in [-0.05, 0) is 25.0 Å². The summed E-state index contributed by atoms with van der Waals surface area (Å²) in [4.78, 5) is 11.2. The third-order valence-corrected chi connectivity index (χ3v) is 3.71. The molecule has 0 saturated heterocycles. The minimum atomic E-state index is -0.901. The monoisotopic (exact) mass is 276 g/mol. The summed E-state index contributed by atoms with van der Waals surface area (Å²) in [6.45, 7) is 0. The van der Waals surface area contributed by atoms with Gasteiger partial charge in [0.2, 0.25) is 0 Å². The molecule has 1 aliphatic carbocycles. The summed E-state index contributed by atoms with van der Waals surface area (Å²) < 4.78 is 5.71. The van der Waals surface area contributed by atoms with Crippen LogP contribution in [-0.4, -0.2) is 17.2 Å². The maximum Gasteiger partial charge on any atom is 0.345 e. The van der Waals surface area contributed by atoms with Gasteiger partial charge >= 0.3 is 5.97 Å². The predicted octanol–water partition coefficient (Wildman–Crippen LogP) is 3.74. The molecule has 2 aromatic rings. The van der Waals surface area contributed by atoms with E-state index in [1.807, 2.05) is 24.3 Å². The summed E-state index contributed by atoms with van der Waals surface area (Å²) in [6, 6.07) is 11.1. The Hall–Kier alpha value is -1.74. The average molecular weight is 277 g/mol. The molecular weight excluding hydrogens is 264 g/mol. The molecule has 3 rings (SSSR count). The Bertz CT molecular complexity index is 634. The highest BCUT2D eigenvalue weighted by Crippen LogP contribution is 2.38. The van der Waals surface area contributed by atoms with E-state index in [0.717, 1.165) is 23.6 Å². The average Bonchev–Trinajstić information content (AvgIpc) is 3.22. The molecule has 0 radical (unpaired) electrons. The molecule has 1 saturated carbocycles. The lowest BCUT2D eigenvalue weighted by Crippen LogP contribution is -2.29. The molecule has 1 aliphatic rings. The van der Waals surface area contributed by atoms with Crippen molar-refractivity contribution in [2.75, 3.05) is 0 Å². The van der Waals surface area contributed by atoms with E-state index >= 15 is 0 Å². The number of hydrogen-bond acceptors (Lipinski definition) is 2. The minimum absolute atomic E-state index is 0.131. The van der Waals surface area contributed by atoms with Crippen LogP contribution in [0, 0.1) is 5.92 Å². The van der Waals surface area contributed by atoms with Crippen molar-refractivity contribution in [1.29, 1.82) is 0 Å². The van der Waals surface area contributed by atoms with Crippen LogP contribution in [0.2, 0.25) is 5.02 Å². The molecule has 1 atom stereocenters. The number of carbonyl (C=O) groups is 1. The standard InChI is InChI=1S/C15H13ClO3/c16-12-7-8-13(11-4-2-1-3-10(11)12)19-14(15(17)18)9-5-6-9/h1-4,7-9,14H,5-6H2,(H,17,18). The molecule has 1 N–H and O–H groups in total. The van der Waals surface area contributed by atoms with Gasteiger partial charge in [-0.25, -0.2) is 4.79 Å². The summed E-state index contributed by atoms with van der Waals surface area (Å²) in [5.41, 5.74) is 0. The van der Waals surface area contributed by atoms with Crippen molar-refractivity contribution in [3.05, 3.63) is 41.4 Å². The Kier molecular flexibility index (Phi) is 3.07. The lowest BCUT2D eigenvalue weighted by molar-refractivity contribution is -0.146. The van der Waals surface area contributed by atoms with Gasteiger partial charge in [0.25, 0.3) is 0 Å². The van der Waals surface area contributed by atoms with Crippen molar-refractivity contribution in [1.82, 2.24) is 0 Å². The number of hydrogen-bond donors (Lipinski definition) is 1. The van der Waals surface area contributed by atoms with E-state index in [2.05, 4.69) is 0 Å². The molecule has 0 aliphatic heterocycles. The van der Waals surface area contributed by atoms with Crippen molar-refractivity contribution in [3.8, 4) is 5.75 Å². The second kappa shape index (κ2) is 4.74. The fourth-order valence-corrected chi connectivity index (χ4v) is 2.45. The number of aliphatic carboxylic acids is 1. The maximum absolute atomic E-state index is 11.2. The van der Waals surface area contributed by atoms with Crippen molar-refractivity contribution in [2.24, 2.45) is 5.92 Å². The van der Waals surface area contributed by atoms with Crippen molar-refractivity contribution in [3.63, 3.8) is 0 Å². The number of carboxylic acid groups (broad SMARTS) is 1. The van der Waals surface area contributed by atoms with E-state index in [9.17, 15) is 9.90 Å². The Labute approximate surface area is 115 Å². The van der Waals surface area contributed by atoms with Crippen LogP contribution < -0.4 is 4.74 Å². The molecule has 0 spiro atoms. The van der Waals surface area contributed by atoms with Crippen LogP contribution in [0.1, 0.15) is 12.8 Å². The first-order chi connectivity index (χ1) is 9.16. The van der Waals surface area contributed by atoms with Gasteiger partial charge in [0.05, 0.1) is 0 Å². The lowest BCUT2D eigenvalue weighted by atomic mass is 10.1. The van der Waals surface area contributed by atoms with Gasteiger partial charge in [0, 0.05) is 21.7 Å². The lowest BCUT2D eigenvalue weighted by Gasteiger charge is -2.16. The fourth-order valence-electron chi connectivity index (χ4n) is 2.22. The minimum Gasteiger partial charge on any atom is -0.478 e. The molecule has 1 fully saturated rings. The van der Waals surface area contributed by atoms with Crippen LogP contribution in [0.3, 0.4) is 0 Å². The van der Waals surface area contributed by atoms with Crippen LogP contribution in [0.15, 0.2) is 36.4 Å². The SMILES string of the molecule is O=C(O)C(Oc1ccc(Cl)c2ccccc12)C1CC1. The predicted molar refractivity (Wildman–Crippen MR) is 73.7 cm³/mol. The Morgan fingerprint density at radius 3 is 2.53 bits per heavy atom. The van der Waals surface area contributed by atoms with Gasteiger partial charge in [0.1, 0.15) is 5.75 Å². The van der Waals surface area contributed by atoms with Crippen molar-refractivity contribution < 1.29 is 14.6 Å². The highest BCUT2D eigenvalue weighted by Gasteiger charge is 2.38. The zero-order valence-corrected chi connectivity index (χ0v) is 10.9. The van der Waals surface area contributed by atoms with Crippen molar-refractivity contribution in [2.45, 2.75) is 18.9 Å². The summed E-state index contributed by atoms with van der Waals surface area (Å²) in [6.07, 6.45) is 1.08. The maximum atomic E-state index is 11.2. The summed E-state index contributed by atoms with van der Waals surface area (Å²) in [7, 11) is 0. The van der Waals surface area contributed by atoms with Gasteiger partial charge in [-0.2, -0.15) is 0 Å². The third kappa shape index (κ3) is 2.38. The summed E-state index contributed by atoms with van der Waals surface area (Å²) in [5.74, 6) is -0.187. The quantitative estimate of drug-likeness (QED) is 0.925. The van der Waals surface area contributed by atoms with Crippen LogP contribution >= 0.6 is 11.6 Å². The normalized spacial score (nSPS) is 16.3. The fraction of sp³-hybridized carbons (Fsp3) is 0.267. The van der Waals surface area contributed by atoms with E-state index in [4.69, 9.17) is 16.3 Å². The van der Waals surface area contributed by atoms with E-state index in [-0.39, 0.29) is 5.92 Å². The first-order valence-corrected chi connectivity index (χ1v) is 6.61. The zero-order chi connectivity index (χ0) is 13.4. The first kappa shape index (κ1) is 12.3. The Morgan fingerprint density at radius 1 is 1.21 bits per heavy atom. The number of rotatable bonds is 4. The van der Waals surface area contributed by atoms with Crippen LogP contribution in [0.25, 0.3) is 10.8 Å². The topological polar surface area (TPSA) is 46.5 Å². The van der Waals surface area contributed by atoms with Crippen LogP contribution in [0.4, 0.5) is 0 Å². The molecule has 19 heavy (non-hydrogen) atoms. The number of benzene rings is 2. The largest absolute Gasteiger partial charge is 0.478 e. The number of carboxylic acids is 1.